The number of hydrogen-bond donors (Lipinski definition) is 2. The Kier molecular flexibility index (Phi) is 5.21. The van der Waals surface area contributed by atoms with Gasteiger partial charge in [0.1, 0.15) is 0 Å². The predicted molar refractivity (Wildman–Crippen MR) is 72.2 cm³/mol. The van der Waals surface area contributed by atoms with Gasteiger partial charge < -0.3 is 15.4 Å². The second kappa shape index (κ2) is 6.91. The molecule has 100 valence electrons. The van der Waals surface area contributed by atoms with E-state index in [2.05, 4.69) is 20.8 Å². The van der Waals surface area contributed by atoms with E-state index in [0.29, 0.717) is 5.75 Å². The molecule has 2 heterocycles. The van der Waals surface area contributed by atoms with Gasteiger partial charge in [0.15, 0.2) is 4.34 Å². The monoisotopic (exact) mass is 288 g/mol. The van der Waals surface area contributed by atoms with E-state index in [1.54, 1.807) is 7.05 Å². The number of thioether (sulfide) groups is 1. The van der Waals surface area contributed by atoms with Crippen molar-refractivity contribution in [2.75, 3.05) is 31.3 Å². The van der Waals surface area contributed by atoms with Gasteiger partial charge in [-0.25, -0.2) is 0 Å². The van der Waals surface area contributed by atoms with E-state index in [1.807, 2.05) is 0 Å². The Bertz CT molecular complexity index is 393. The molecule has 0 bridgehead atoms. The molecule has 1 aromatic rings. The van der Waals surface area contributed by atoms with Crippen LogP contribution in [0, 0.1) is 0 Å². The maximum absolute atomic E-state index is 11.1. The number of rotatable bonds is 6. The zero-order valence-corrected chi connectivity index (χ0v) is 11.8. The normalized spacial score (nSPS) is 18.8. The number of nitrogens with zero attached hydrogens (tertiary/aromatic N) is 2. The van der Waals surface area contributed by atoms with E-state index in [-0.39, 0.29) is 12.0 Å². The molecule has 0 aromatic carbocycles. The molecule has 0 spiro atoms. The molecule has 1 saturated heterocycles. The van der Waals surface area contributed by atoms with Crippen molar-refractivity contribution in [3.05, 3.63) is 0 Å². The van der Waals surface area contributed by atoms with Crippen LogP contribution in [-0.2, 0) is 9.53 Å². The summed E-state index contributed by atoms with van der Waals surface area (Å²) in [7, 11) is 1.62. The second-order valence-corrected chi connectivity index (χ2v) is 6.05. The highest BCUT2D eigenvalue weighted by molar-refractivity contribution is 8.01. The number of ether oxygens (including phenoxy) is 1. The summed E-state index contributed by atoms with van der Waals surface area (Å²) in [6.07, 6.45) is 2.52. The molecule has 1 fully saturated rings. The quantitative estimate of drug-likeness (QED) is 0.760. The van der Waals surface area contributed by atoms with Crippen LogP contribution in [-0.4, -0.2) is 48.2 Å². The highest BCUT2D eigenvalue weighted by Crippen LogP contribution is 2.25. The Labute approximate surface area is 114 Å². The topological polar surface area (TPSA) is 76.1 Å². The Morgan fingerprint density at radius 1 is 1.61 bits per heavy atom. The van der Waals surface area contributed by atoms with Gasteiger partial charge in [0.05, 0.1) is 11.9 Å². The first kappa shape index (κ1) is 13.6. The third-order valence-electron chi connectivity index (χ3n) is 2.52. The molecule has 6 nitrogen and oxygen atoms in total. The van der Waals surface area contributed by atoms with Crippen LogP contribution < -0.4 is 10.6 Å². The van der Waals surface area contributed by atoms with Gasteiger partial charge in [-0.2, -0.15) is 0 Å². The summed E-state index contributed by atoms with van der Waals surface area (Å²) in [5, 5.41) is 14.6. The number of amides is 1. The molecule has 1 aliphatic heterocycles. The molecule has 2 rings (SSSR count). The predicted octanol–water partition coefficient (Wildman–Crippen LogP) is 0.967. The lowest BCUT2D eigenvalue weighted by molar-refractivity contribution is -0.118. The van der Waals surface area contributed by atoms with Gasteiger partial charge in [-0.3, -0.25) is 4.79 Å². The van der Waals surface area contributed by atoms with Gasteiger partial charge in [-0.15, -0.1) is 10.2 Å². The first-order valence-corrected chi connectivity index (χ1v) is 7.60. The fourth-order valence-corrected chi connectivity index (χ4v) is 3.18. The average molecular weight is 288 g/mol. The van der Waals surface area contributed by atoms with Crippen molar-refractivity contribution in [1.82, 2.24) is 15.5 Å². The Hall–Kier alpha value is -0.860. The number of aromatic nitrogens is 2. The van der Waals surface area contributed by atoms with Crippen molar-refractivity contribution >= 4 is 34.1 Å². The number of nitrogens with one attached hydrogen (secondary N) is 2. The zero-order valence-electron chi connectivity index (χ0n) is 10.1. The molecular weight excluding hydrogens is 272 g/mol. The van der Waals surface area contributed by atoms with Gasteiger partial charge in [-0.1, -0.05) is 23.1 Å². The van der Waals surface area contributed by atoms with Gasteiger partial charge in [0, 0.05) is 20.2 Å². The van der Waals surface area contributed by atoms with Crippen molar-refractivity contribution in [3.8, 4) is 0 Å². The molecule has 0 radical (unpaired) electrons. The second-order valence-electron chi connectivity index (χ2n) is 3.85. The molecule has 1 aliphatic rings. The van der Waals surface area contributed by atoms with Crippen molar-refractivity contribution in [2.45, 2.75) is 23.3 Å². The zero-order chi connectivity index (χ0) is 12.8. The van der Waals surface area contributed by atoms with Crippen LogP contribution in [0.25, 0.3) is 0 Å². The maximum atomic E-state index is 11.1. The first-order chi connectivity index (χ1) is 8.78. The minimum Gasteiger partial charge on any atom is -0.376 e. The molecule has 1 aromatic heterocycles. The molecule has 1 unspecified atom stereocenters. The van der Waals surface area contributed by atoms with Crippen molar-refractivity contribution < 1.29 is 9.53 Å². The van der Waals surface area contributed by atoms with Crippen LogP contribution in [0.3, 0.4) is 0 Å². The SMILES string of the molecule is CNC(=O)CSc1nnc(NCC2CCCO2)s1. The number of carbonyl (C=O) groups excluding carboxylic acids is 1. The molecule has 18 heavy (non-hydrogen) atoms. The Balaban J connectivity index is 1.73. The third-order valence-corrected chi connectivity index (χ3v) is 4.53. The molecule has 8 heteroatoms. The van der Waals surface area contributed by atoms with Crippen LogP contribution in [0.4, 0.5) is 5.13 Å². The number of anilines is 1. The summed E-state index contributed by atoms with van der Waals surface area (Å²) in [6.45, 7) is 1.63. The van der Waals surface area contributed by atoms with E-state index in [1.165, 1.54) is 23.1 Å². The van der Waals surface area contributed by atoms with E-state index >= 15 is 0 Å². The fourth-order valence-electron chi connectivity index (χ4n) is 1.55. The molecule has 2 N–H and O–H groups in total. The summed E-state index contributed by atoms with van der Waals surface area (Å²) in [6, 6.07) is 0. The first-order valence-electron chi connectivity index (χ1n) is 5.80. The summed E-state index contributed by atoms with van der Waals surface area (Å²) >= 11 is 2.86. The highest BCUT2D eigenvalue weighted by Gasteiger charge is 2.15. The van der Waals surface area contributed by atoms with Crippen LogP contribution >= 0.6 is 23.1 Å². The summed E-state index contributed by atoms with van der Waals surface area (Å²) in [5.74, 6) is 0.362. The van der Waals surface area contributed by atoms with Crippen LogP contribution in [0.2, 0.25) is 0 Å². The van der Waals surface area contributed by atoms with Gasteiger partial charge >= 0.3 is 0 Å². The number of hydrogen-bond acceptors (Lipinski definition) is 7. The van der Waals surface area contributed by atoms with E-state index in [4.69, 9.17) is 4.74 Å². The van der Waals surface area contributed by atoms with E-state index < -0.39 is 0 Å². The summed E-state index contributed by atoms with van der Waals surface area (Å²) in [5.41, 5.74) is 0. The lowest BCUT2D eigenvalue weighted by Gasteiger charge is -2.08. The van der Waals surface area contributed by atoms with Crippen LogP contribution in [0.5, 0.6) is 0 Å². The van der Waals surface area contributed by atoms with E-state index in [9.17, 15) is 4.79 Å². The molecular formula is C10H16N4O2S2. The largest absolute Gasteiger partial charge is 0.376 e. The van der Waals surface area contributed by atoms with Crippen LogP contribution in [0.1, 0.15) is 12.8 Å². The minimum atomic E-state index is -0.0101. The lowest BCUT2D eigenvalue weighted by atomic mass is 10.2. The van der Waals surface area contributed by atoms with Gasteiger partial charge in [0.25, 0.3) is 0 Å². The van der Waals surface area contributed by atoms with Crippen molar-refractivity contribution in [1.29, 1.82) is 0 Å². The third kappa shape index (κ3) is 4.11. The summed E-state index contributed by atoms with van der Waals surface area (Å²) in [4.78, 5) is 11.1. The van der Waals surface area contributed by atoms with Crippen LogP contribution in [0.15, 0.2) is 4.34 Å². The Morgan fingerprint density at radius 2 is 2.50 bits per heavy atom. The number of carbonyl (C=O) groups is 1. The van der Waals surface area contributed by atoms with Gasteiger partial charge in [0.2, 0.25) is 11.0 Å². The molecule has 1 amide bonds. The lowest BCUT2D eigenvalue weighted by Crippen LogP contribution is -2.19. The molecule has 0 saturated carbocycles. The average Bonchev–Trinajstić information content (AvgIpc) is 3.04. The fraction of sp³-hybridized carbons (Fsp3) is 0.700. The smallest absolute Gasteiger partial charge is 0.230 e. The van der Waals surface area contributed by atoms with Crippen molar-refractivity contribution in [3.63, 3.8) is 0 Å². The van der Waals surface area contributed by atoms with Crippen molar-refractivity contribution in [2.24, 2.45) is 0 Å². The van der Waals surface area contributed by atoms with Gasteiger partial charge in [-0.05, 0) is 12.8 Å². The highest BCUT2D eigenvalue weighted by atomic mass is 32.2. The molecule has 1 atom stereocenters. The summed E-state index contributed by atoms with van der Waals surface area (Å²) < 4.78 is 6.31. The maximum Gasteiger partial charge on any atom is 0.230 e. The Morgan fingerprint density at radius 3 is 3.22 bits per heavy atom. The molecule has 0 aliphatic carbocycles. The minimum absolute atomic E-state index is 0.0101. The van der Waals surface area contributed by atoms with E-state index in [0.717, 1.165) is 35.5 Å². The standard InChI is InChI=1S/C10H16N4O2S2/c1-11-8(15)6-17-10-14-13-9(18-10)12-5-7-3-2-4-16-7/h7H,2-6H2,1H3,(H,11,15)(H,12,13).